The van der Waals surface area contributed by atoms with Crippen LogP contribution in [0.5, 0.6) is 5.75 Å². The zero-order valence-corrected chi connectivity index (χ0v) is 15.5. The average molecular weight is 344 g/mol. The molecule has 0 spiro atoms. The summed E-state index contributed by atoms with van der Waals surface area (Å²) in [5.41, 5.74) is 3.58. The number of anilines is 1. The van der Waals surface area contributed by atoms with E-state index >= 15 is 0 Å². The van der Waals surface area contributed by atoms with Gasteiger partial charge in [0.25, 0.3) is 11.8 Å². The van der Waals surface area contributed by atoms with Crippen molar-refractivity contribution < 1.29 is 14.3 Å². The van der Waals surface area contributed by atoms with Gasteiger partial charge in [0.05, 0.1) is 11.4 Å². The minimum Gasteiger partial charge on any atom is -0.484 e. The molecule has 134 valence electrons. The number of aromatic nitrogens is 2. The van der Waals surface area contributed by atoms with E-state index in [1.54, 1.807) is 32.7 Å². The van der Waals surface area contributed by atoms with Crippen molar-refractivity contribution in [1.29, 1.82) is 0 Å². The molecule has 2 aromatic rings. The third kappa shape index (κ3) is 4.17. The average Bonchev–Trinajstić information content (AvgIpc) is 2.83. The quantitative estimate of drug-likeness (QED) is 0.901. The Bertz CT molecular complexity index is 809. The maximum absolute atomic E-state index is 12.2. The van der Waals surface area contributed by atoms with Crippen molar-refractivity contribution in [3.8, 4) is 5.75 Å². The lowest BCUT2D eigenvalue weighted by Gasteiger charge is -2.11. The molecule has 1 aromatic heterocycles. The van der Waals surface area contributed by atoms with E-state index in [2.05, 4.69) is 10.4 Å². The smallest absolute Gasteiger partial charge is 0.276 e. The van der Waals surface area contributed by atoms with Crippen molar-refractivity contribution in [2.45, 2.75) is 20.8 Å². The molecule has 25 heavy (non-hydrogen) atoms. The summed E-state index contributed by atoms with van der Waals surface area (Å²) in [4.78, 5) is 25.9. The lowest BCUT2D eigenvalue weighted by Crippen LogP contribution is -2.26. The van der Waals surface area contributed by atoms with Crippen LogP contribution < -0.4 is 10.1 Å². The van der Waals surface area contributed by atoms with Crippen LogP contribution >= 0.6 is 0 Å². The van der Waals surface area contributed by atoms with Crippen molar-refractivity contribution in [2.75, 3.05) is 26.0 Å². The molecular formula is C18H24N4O3. The van der Waals surface area contributed by atoms with Gasteiger partial charge >= 0.3 is 0 Å². The molecule has 7 heteroatoms. The fourth-order valence-electron chi connectivity index (χ4n) is 2.25. The number of hydrogen-bond donors (Lipinski definition) is 1. The van der Waals surface area contributed by atoms with Gasteiger partial charge in [0.1, 0.15) is 5.75 Å². The number of nitrogens with one attached hydrogen (secondary N) is 1. The van der Waals surface area contributed by atoms with Crippen LogP contribution in [0, 0.1) is 20.8 Å². The molecule has 0 saturated carbocycles. The molecule has 2 amide bonds. The van der Waals surface area contributed by atoms with Crippen molar-refractivity contribution in [3.05, 3.63) is 40.7 Å². The standard InChI is InChI=1S/C18H24N4O3/c1-11-7-8-14(9-12(11)2)25-10-15(23)19-16-13(3)22(6)20-17(16)18(24)21(4)5/h7-9H,10H2,1-6H3,(H,19,23). The largest absolute Gasteiger partial charge is 0.484 e. The maximum atomic E-state index is 12.2. The second-order valence-electron chi connectivity index (χ2n) is 6.22. The number of carbonyl (C=O) groups excluding carboxylic acids is 2. The molecule has 0 atom stereocenters. The minimum atomic E-state index is -0.345. The van der Waals surface area contributed by atoms with Crippen molar-refractivity contribution >= 4 is 17.5 Å². The van der Waals surface area contributed by atoms with E-state index < -0.39 is 0 Å². The van der Waals surface area contributed by atoms with E-state index in [0.29, 0.717) is 17.1 Å². The third-order valence-corrected chi connectivity index (χ3v) is 4.06. The zero-order valence-electron chi connectivity index (χ0n) is 15.5. The Hall–Kier alpha value is -2.83. The third-order valence-electron chi connectivity index (χ3n) is 4.06. The molecule has 0 fully saturated rings. The normalized spacial score (nSPS) is 10.5. The number of hydrogen-bond acceptors (Lipinski definition) is 4. The lowest BCUT2D eigenvalue weighted by molar-refractivity contribution is -0.118. The number of aryl methyl sites for hydroxylation is 3. The van der Waals surface area contributed by atoms with Crippen molar-refractivity contribution in [1.82, 2.24) is 14.7 Å². The highest BCUT2D eigenvalue weighted by Crippen LogP contribution is 2.21. The summed E-state index contributed by atoms with van der Waals surface area (Å²) < 4.78 is 7.10. The summed E-state index contributed by atoms with van der Waals surface area (Å²) in [6.45, 7) is 5.65. The molecule has 0 aliphatic heterocycles. The van der Waals surface area contributed by atoms with Gasteiger partial charge in [-0.25, -0.2) is 0 Å². The monoisotopic (exact) mass is 344 g/mol. The van der Waals surface area contributed by atoms with E-state index in [1.165, 1.54) is 4.90 Å². The second-order valence-corrected chi connectivity index (χ2v) is 6.22. The summed E-state index contributed by atoms with van der Waals surface area (Å²) >= 11 is 0. The van der Waals surface area contributed by atoms with Crippen LogP contribution in [0.25, 0.3) is 0 Å². The Morgan fingerprint density at radius 1 is 1.20 bits per heavy atom. The van der Waals surface area contributed by atoms with Gasteiger partial charge in [-0.05, 0) is 44.0 Å². The minimum absolute atomic E-state index is 0.146. The first kappa shape index (κ1) is 18.5. The molecular weight excluding hydrogens is 320 g/mol. The highest BCUT2D eigenvalue weighted by molar-refractivity contribution is 6.03. The summed E-state index contributed by atoms with van der Waals surface area (Å²) in [6.07, 6.45) is 0. The van der Waals surface area contributed by atoms with Gasteiger partial charge in [-0.1, -0.05) is 6.07 Å². The Labute approximate surface area is 147 Å². The second kappa shape index (κ2) is 7.38. The summed E-state index contributed by atoms with van der Waals surface area (Å²) in [6, 6.07) is 5.66. The molecule has 0 unspecified atom stereocenters. The fourth-order valence-corrected chi connectivity index (χ4v) is 2.25. The van der Waals surface area contributed by atoms with E-state index in [0.717, 1.165) is 11.1 Å². The van der Waals surface area contributed by atoms with E-state index in [1.807, 2.05) is 32.0 Å². The number of benzene rings is 1. The summed E-state index contributed by atoms with van der Waals surface area (Å²) in [7, 11) is 5.00. The number of carbonyl (C=O) groups is 2. The SMILES string of the molecule is Cc1ccc(OCC(=O)Nc2c(C(=O)N(C)C)nn(C)c2C)cc1C. The van der Waals surface area contributed by atoms with E-state index in [4.69, 9.17) is 4.74 Å². The van der Waals surface area contributed by atoms with Crippen LogP contribution in [-0.2, 0) is 11.8 Å². The predicted octanol–water partition coefficient (Wildman–Crippen LogP) is 2.06. The number of amides is 2. The van der Waals surface area contributed by atoms with Crippen LogP contribution in [0.15, 0.2) is 18.2 Å². The molecule has 0 aliphatic carbocycles. The first-order chi connectivity index (χ1) is 11.7. The predicted molar refractivity (Wildman–Crippen MR) is 96.0 cm³/mol. The molecule has 0 saturated heterocycles. The maximum Gasteiger partial charge on any atom is 0.276 e. The highest BCUT2D eigenvalue weighted by Gasteiger charge is 2.22. The highest BCUT2D eigenvalue weighted by atomic mass is 16.5. The van der Waals surface area contributed by atoms with Crippen molar-refractivity contribution in [3.63, 3.8) is 0 Å². The first-order valence-electron chi connectivity index (χ1n) is 7.96. The van der Waals surface area contributed by atoms with Gasteiger partial charge < -0.3 is 15.0 Å². The van der Waals surface area contributed by atoms with Gasteiger partial charge in [0.2, 0.25) is 0 Å². The van der Waals surface area contributed by atoms with Crippen LogP contribution in [0.3, 0.4) is 0 Å². The Morgan fingerprint density at radius 2 is 1.88 bits per heavy atom. The summed E-state index contributed by atoms with van der Waals surface area (Å²) in [5.74, 6) is 0.0157. The number of nitrogens with zero attached hydrogens (tertiary/aromatic N) is 3. The topological polar surface area (TPSA) is 76.5 Å². The van der Waals surface area contributed by atoms with Crippen LogP contribution in [0.4, 0.5) is 5.69 Å². The van der Waals surface area contributed by atoms with Crippen molar-refractivity contribution in [2.24, 2.45) is 7.05 Å². The molecule has 0 bridgehead atoms. The summed E-state index contributed by atoms with van der Waals surface area (Å²) in [5, 5.41) is 6.93. The van der Waals surface area contributed by atoms with E-state index in [-0.39, 0.29) is 24.1 Å². The number of ether oxygens (including phenoxy) is 1. The Morgan fingerprint density at radius 3 is 2.48 bits per heavy atom. The fraction of sp³-hybridized carbons (Fsp3) is 0.389. The van der Waals surface area contributed by atoms with Crippen LogP contribution in [0.2, 0.25) is 0 Å². The molecule has 1 heterocycles. The van der Waals surface area contributed by atoms with E-state index in [9.17, 15) is 9.59 Å². The van der Waals surface area contributed by atoms with Gasteiger partial charge in [-0.2, -0.15) is 5.10 Å². The van der Waals surface area contributed by atoms with Gasteiger partial charge in [0, 0.05) is 21.1 Å². The van der Waals surface area contributed by atoms with Gasteiger partial charge in [-0.15, -0.1) is 0 Å². The number of rotatable bonds is 5. The molecule has 2 rings (SSSR count). The zero-order chi connectivity index (χ0) is 18.7. The molecule has 0 aliphatic rings. The molecule has 7 nitrogen and oxygen atoms in total. The van der Waals surface area contributed by atoms with Crippen LogP contribution in [-0.4, -0.2) is 47.2 Å². The Kier molecular flexibility index (Phi) is 5.46. The molecule has 1 aromatic carbocycles. The van der Waals surface area contributed by atoms with Gasteiger partial charge in [-0.3, -0.25) is 14.3 Å². The van der Waals surface area contributed by atoms with Crippen LogP contribution in [0.1, 0.15) is 27.3 Å². The molecule has 1 N–H and O–H groups in total. The Balaban J connectivity index is 2.10. The first-order valence-corrected chi connectivity index (χ1v) is 7.96. The lowest BCUT2D eigenvalue weighted by atomic mass is 10.1. The van der Waals surface area contributed by atoms with Gasteiger partial charge in [0.15, 0.2) is 12.3 Å². The molecule has 0 radical (unpaired) electrons.